The molecule has 0 bridgehead atoms. The minimum atomic E-state index is -4.84. The normalized spacial score (nSPS) is 11.1. The molecule has 0 saturated heterocycles. The second-order valence-electron chi connectivity index (χ2n) is 7.49. The van der Waals surface area contributed by atoms with E-state index in [4.69, 9.17) is 4.74 Å². The molecule has 184 valence electrons. The molecule has 1 aromatic heterocycles. The molecule has 2 aromatic carbocycles. The molecule has 1 heterocycles. The lowest BCUT2D eigenvalue weighted by molar-refractivity contribution is -0.137. The van der Waals surface area contributed by atoms with Crippen molar-refractivity contribution < 1.29 is 31.9 Å². The molecule has 0 saturated carbocycles. The molecule has 11 heteroatoms. The molecule has 3 aromatic rings. The highest BCUT2D eigenvalue weighted by Crippen LogP contribution is 2.31. The Balaban J connectivity index is 1.96. The fourth-order valence-corrected chi connectivity index (χ4v) is 3.07. The standard InChI is InChI=1S/C24H22F4N4O3/c1-14-5-3-4-6-19(14)31-21-20(11-16(13-30-21)22(33)29-7-8-35-2)32-23(34)15-9-17(24(26,27)28)12-18(25)10-15/h3-6,9-13H,7-8H2,1-2H3,(H,29,33)(H,30,31)(H,32,34). The zero-order chi connectivity index (χ0) is 25.6. The first-order chi connectivity index (χ1) is 16.6. The Morgan fingerprint density at radius 3 is 2.43 bits per heavy atom. The summed E-state index contributed by atoms with van der Waals surface area (Å²) in [6.45, 7) is 2.34. The Bertz CT molecular complexity index is 1230. The number of halogens is 4. The van der Waals surface area contributed by atoms with Crippen molar-refractivity contribution in [1.82, 2.24) is 10.3 Å². The third kappa shape index (κ3) is 6.76. The molecular formula is C24H22F4N4O3. The quantitative estimate of drug-likeness (QED) is 0.308. The van der Waals surface area contributed by atoms with E-state index >= 15 is 0 Å². The van der Waals surface area contributed by atoms with Crippen LogP contribution in [0.25, 0.3) is 0 Å². The van der Waals surface area contributed by atoms with Gasteiger partial charge in [-0.1, -0.05) is 18.2 Å². The minimum Gasteiger partial charge on any atom is -0.383 e. The van der Waals surface area contributed by atoms with E-state index in [-0.39, 0.29) is 30.2 Å². The molecule has 2 amide bonds. The van der Waals surface area contributed by atoms with Crippen molar-refractivity contribution in [3.05, 3.63) is 82.8 Å². The number of amides is 2. The number of hydrogen-bond donors (Lipinski definition) is 3. The number of carbonyl (C=O) groups excluding carboxylic acids is 2. The summed E-state index contributed by atoms with van der Waals surface area (Å²) in [6, 6.07) is 10.0. The Labute approximate surface area is 198 Å². The molecule has 0 aliphatic heterocycles. The van der Waals surface area contributed by atoms with Gasteiger partial charge in [-0.05, 0) is 42.8 Å². The van der Waals surface area contributed by atoms with Gasteiger partial charge in [0.05, 0.1) is 23.4 Å². The number of anilines is 3. The van der Waals surface area contributed by atoms with Crippen molar-refractivity contribution in [3.8, 4) is 0 Å². The predicted molar refractivity (Wildman–Crippen MR) is 122 cm³/mol. The topological polar surface area (TPSA) is 92.3 Å². The number of benzene rings is 2. The van der Waals surface area contributed by atoms with E-state index in [0.29, 0.717) is 23.9 Å². The summed E-state index contributed by atoms with van der Waals surface area (Å²) < 4.78 is 57.9. The number of carbonyl (C=O) groups is 2. The lowest BCUT2D eigenvalue weighted by Crippen LogP contribution is -2.27. The molecule has 0 spiro atoms. The van der Waals surface area contributed by atoms with Crippen LogP contribution < -0.4 is 16.0 Å². The lowest BCUT2D eigenvalue weighted by atomic mass is 10.1. The molecule has 0 unspecified atom stereocenters. The highest BCUT2D eigenvalue weighted by molar-refractivity contribution is 6.07. The monoisotopic (exact) mass is 490 g/mol. The van der Waals surface area contributed by atoms with Gasteiger partial charge in [0.15, 0.2) is 5.82 Å². The first-order valence-electron chi connectivity index (χ1n) is 10.4. The molecule has 0 aliphatic carbocycles. The highest BCUT2D eigenvalue weighted by atomic mass is 19.4. The maximum atomic E-state index is 13.8. The number of nitrogens with one attached hydrogen (secondary N) is 3. The van der Waals surface area contributed by atoms with E-state index in [1.54, 1.807) is 12.1 Å². The average molecular weight is 490 g/mol. The van der Waals surface area contributed by atoms with E-state index in [0.717, 1.165) is 5.56 Å². The highest BCUT2D eigenvalue weighted by Gasteiger charge is 2.32. The number of para-hydroxylation sites is 1. The number of aromatic nitrogens is 1. The summed E-state index contributed by atoms with van der Waals surface area (Å²) >= 11 is 0. The molecule has 0 aliphatic rings. The second kappa shape index (κ2) is 11.0. The molecule has 3 N–H and O–H groups in total. The number of rotatable bonds is 8. The number of nitrogens with zero attached hydrogens (tertiary/aromatic N) is 1. The van der Waals surface area contributed by atoms with Gasteiger partial charge in [0.25, 0.3) is 11.8 Å². The summed E-state index contributed by atoms with van der Waals surface area (Å²) in [5, 5.41) is 8.07. The molecule has 7 nitrogen and oxygen atoms in total. The number of methoxy groups -OCH3 is 1. The van der Waals surface area contributed by atoms with Gasteiger partial charge in [0.2, 0.25) is 0 Å². The lowest BCUT2D eigenvalue weighted by Gasteiger charge is -2.16. The number of pyridine rings is 1. The first kappa shape index (κ1) is 25.6. The summed E-state index contributed by atoms with van der Waals surface area (Å²) in [5.74, 6) is -2.60. The number of ether oxygens (including phenoxy) is 1. The van der Waals surface area contributed by atoms with Crippen LogP contribution in [0.2, 0.25) is 0 Å². The zero-order valence-corrected chi connectivity index (χ0v) is 18.8. The third-order valence-corrected chi connectivity index (χ3v) is 4.88. The average Bonchev–Trinajstić information content (AvgIpc) is 2.80. The van der Waals surface area contributed by atoms with Crippen molar-refractivity contribution in [2.75, 3.05) is 30.9 Å². The molecule has 0 radical (unpaired) electrons. The van der Waals surface area contributed by atoms with Crippen LogP contribution in [0.4, 0.5) is 34.8 Å². The van der Waals surface area contributed by atoms with Crippen LogP contribution in [0.15, 0.2) is 54.7 Å². The van der Waals surface area contributed by atoms with Crippen molar-refractivity contribution in [2.24, 2.45) is 0 Å². The van der Waals surface area contributed by atoms with Crippen LogP contribution in [-0.2, 0) is 10.9 Å². The van der Waals surface area contributed by atoms with Gasteiger partial charge in [-0.25, -0.2) is 9.37 Å². The van der Waals surface area contributed by atoms with Gasteiger partial charge < -0.3 is 20.7 Å². The molecule has 35 heavy (non-hydrogen) atoms. The van der Waals surface area contributed by atoms with Gasteiger partial charge >= 0.3 is 6.18 Å². The van der Waals surface area contributed by atoms with E-state index in [2.05, 4.69) is 20.9 Å². The number of aryl methyl sites for hydroxylation is 1. The van der Waals surface area contributed by atoms with Crippen LogP contribution in [-0.4, -0.2) is 37.1 Å². The van der Waals surface area contributed by atoms with Gasteiger partial charge in [-0.3, -0.25) is 9.59 Å². The van der Waals surface area contributed by atoms with Crippen LogP contribution in [0.5, 0.6) is 0 Å². The largest absolute Gasteiger partial charge is 0.416 e. The Morgan fingerprint density at radius 2 is 1.74 bits per heavy atom. The fraction of sp³-hybridized carbons (Fsp3) is 0.208. The molecule has 0 atom stereocenters. The first-order valence-corrected chi connectivity index (χ1v) is 10.4. The number of alkyl halides is 3. The van der Waals surface area contributed by atoms with Crippen molar-refractivity contribution in [1.29, 1.82) is 0 Å². The van der Waals surface area contributed by atoms with Crippen LogP contribution in [0.3, 0.4) is 0 Å². The molecular weight excluding hydrogens is 468 g/mol. The van der Waals surface area contributed by atoms with Crippen LogP contribution in [0, 0.1) is 12.7 Å². The van der Waals surface area contributed by atoms with E-state index in [1.807, 2.05) is 19.1 Å². The fourth-order valence-electron chi connectivity index (χ4n) is 3.07. The zero-order valence-electron chi connectivity index (χ0n) is 18.8. The van der Waals surface area contributed by atoms with Crippen molar-refractivity contribution in [3.63, 3.8) is 0 Å². The second-order valence-corrected chi connectivity index (χ2v) is 7.49. The summed E-state index contributed by atoms with van der Waals surface area (Å²) in [5.41, 5.74) is -0.248. The van der Waals surface area contributed by atoms with Gasteiger partial charge in [0.1, 0.15) is 5.82 Å². The van der Waals surface area contributed by atoms with Gasteiger partial charge in [-0.15, -0.1) is 0 Å². The predicted octanol–water partition coefficient (Wildman–Crippen LogP) is 4.92. The van der Waals surface area contributed by atoms with Gasteiger partial charge in [0, 0.05) is 31.1 Å². The summed E-state index contributed by atoms with van der Waals surface area (Å²) in [4.78, 5) is 29.4. The smallest absolute Gasteiger partial charge is 0.383 e. The van der Waals surface area contributed by atoms with E-state index < -0.39 is 34.9 Å². The van der Waals surface area contributed by atoms with Crippen LogP contribution >= 0.6 is 0 Å². The van der Waals surface area contributed by atoms with Gasteiger partial charge in [-0.2, -0.15) is 13.2 Å². The van der Waals surface area contributed by atoms with E-state index in [9.17, 15) is 27.2 Å². The maximum Gasteiger partial charge on any atom is 0.416 e. The summed E-state index contributed by atoms with van der Waals surface area (Å²) in [6.07, 6.45) is -3.56. The minimum absolute atomic E-state index is 0.00969. The number of hydrogen-bond acceptors (Lipinski definition) is 5. The molecule has 3 rings (SSSR count). The summed E-state index contributed by atoms with van der Waals surface area (Å²) in [7, 11) is 1.48. The van der Waals surface area contributed by atoms with E-state index in [1.165, 1.54) is 19.4 Å². The van der Waals surface area contributed by atoms with Crippen molar-refractivity contribution >= 4 is 29.0 Å². The SMILES string of the molecule is COCCNC(=O)c1cnc(Nc2ccccc2C)c(NC(=O)c2cc(F)cc(C(F)(F)F)c2)c1. The van der Waals surface area contributed by atoms with Crippen LogP contribution in [0.1, 0.15) is 31.8 Å². The Kier molecular flexibility index (Phi) is 8.02. The maximum absolute atomic E-state index is 13.8. The molecule has 0 fully saturated rings. The third-order valence-electron chi connectivity index (χ3n) is 4.88. The Morgan fingerprint density at radius 1 is 1.00 bits per heavy atom. The van der Waals surface area contributed by atoms with Crippen molar-refractivity contribution in [2.45, 2.75) is 13.1 Å². The Hall–Kier alpha value is -3.99.